The van der Waals surface area contributed by atoms with Crippen LogP contribution in [0.2, 0.25) is 0 Å². The predicted molar refractivity (Wildman–Crippen MR) is 88.1 cm³/mol. The van der Waals surface area contributed by atoms with Crippen molar-refractivity contribution < 1.29 is 4.74 Å². The third-order valence-electron chi connectivity index (χ3n) is 4.09. The second-order valence-corrected chi connectivity index (χ2v) is 5.94. The van der Waals surface area contributed by atoms with Crippen LogP contribution < -0.4 is 5.32 Å². The van der Waals surface area contributed by atoms with E-state index in [0.29, 0.717) is 12.6 Å². The lowest BCUT2D eigenvalue weighted by Crippen LogP contribution is -2.40. The van der Waals surface area contributed by atoms with Crippen LogP contribution >= 0.6 is 0 Å². The Kier molecular flexibility index (Phi) is 4.88. The molecule has 0 spiro atoms. The third kappa shape index (κ3) is 3.86. The van der Waals surface area contributed by atoms with E-state index < -0.39 is 0 Å². The molecule has 7 nitrogen and oxygen atoms in total. The standard InChI is InChI=1S/C16H24N6O/c1-12-19-14(8-16(20-12)17-5-7-23-3)15-4-6-22(15)11-13-9-18-21(2)10-13/h8-10,15H,4-7,11H2,1-3H3,(H,17,19,20). The third-order valence-corrected chi connectivity index (χ3v) is 4.09. The first kappa shape index (κ1) is 15.9. The molecule has 7 heteroatoms. The summed E-state index contributed by atoms with van der Waals surface area (Å²) in [6, 6.07) is 2.42. The Morgan fingerprint density at radius 1 is 1.39 bits per heavy atom. The van der Waals surface area contributed by atoms with Gasteiger partial charge < -0.3 is 10.1 Å². The molecule has 3 heterocycles. The highest BCUT2D eigenvalue weighted by molar-refractivity contribution is 5.37. The summed E-state index contributed by atoms with van der Waals surface area (Å²) in [6.45, 7) is 5.35. The van der Waals surface area contributed by atoms with Crippen LogP contribution in [-0.2, 0) is 18.3 Å². The summed E-state index contributed by atoms with van der Waals surface area (Å²) in [4.78, 5) is 11.5. The summed E-state index contributed by atoms with van der Waals surface area (Å²) in [5.74, 6) is 1.67. The van der Waals surface area contributed by atoms with Gasteiger partial charge in [0, 0.05) is 51.6 Å². The highest BCUT2D eigenvalue weighted by Gasteiger charge is 2.31. The van der Waals surface area contributed by atoms with Crippen molar-refractivity contribution in [2.45, 2.75) is 25.9 Å². The zero-order chi connectivity index (χ0) is 16.2. The number of anilines is 1. The smallest absolute Gasteiger partial charge is 0.130 e. The molecule has 3 rings (SSSR count). The number of nitrogens with zero attached hydrogens (tertiary/aromatic N) is 5. The van der Waals surface area contributed by atoms with Crippen molar-refractivity contribution in [1.29, 1.82) is 0 Å². The van der Waals surface area contributed by atoms with Gasteiger partial charge in [0.15, 0.2) is 0 Å². The van der Waals surface area contributed by atoms with Crippen LogP contribution in [0.5, 0.6) is 0 Å². The largest absolute Gasteiger partial charge is 0.383 e. The highest BCUT2D eigenvalue weighted by Crippen LogP contribution is 2.34. The number of ether oxygens (including phenoxy) is 1. The number of hydrogen-bond donors (Lipinski definition) is 1. The molecule has 0 radical (unpaired) electrons. The lowest BCUT2D eigenvalue weighted by Gasteiger charge is -2.40. The first-order valence-corrected chi connectivity index (χ1v) is 7.95. The van der Waals surface area contributed by atoms with E-state index >= 15 is 0 Å². The van der Waals surface area contributed by atoms with Gasteiger partial charge in [0.2, 0.25) is 0 Å². The van der Waals surface area contributed by atoms with Crippen LogP contribution in [0.15, 0.2) is 18.5 Å². The fourth-order valence-electron chi connectivity index (χ4n) is 2.89. The minimum absolute atomic E-state index is 0.361. The molecule has 124 valence electrons. The summed E-state index contributed by atoms with van der Waals surface area (Å²) in [5.41, 5.74) is 2.33. The fraction of sp³-hybridized carbons (Fsp3) is 0.562. The van der Waals surface area contributed by atoms with Crippen molar-refractivity contribution >= 4 is 5.82 Å². The van der Waals surface area contributed by atoms with E-state index in [9.17, 15) is 0 Å². The molecule has 0 saturated carbocycles. The van der Waals surface area contributed by atoms with E-state index in [0.717, 1.165) is 43.4 Å². The second-order valence-electron chi connectivity index (χ2n) is 5.94. The number of rotatable bonds is 7. The minimum atomic E-state index is 0.361. The first-order chi connectivity index (χ1) is 11.2. The van der Waals surface area contributed by atoms with Crippen molar-refractivity contribution in [3.63, 3.8) is 0 Å². The van der Waals surface area contributed by atoms with Gasteiger partial charge >= 0.3 is 0 Å². The van der Waals surface area contributed by atoms with E-state index in [1.807, 2.05) is 24.9 Å². The molecule has 1 aliphatic heterocycles. The van der Waals surface area contributed by atoms with E-state index in [4.69, 9.17) is 4.74 Å². The molecule has 2 aromatic rings. The summed E-state index contributed by atoms with van der Waals surface area (Å²) in [5, 5.41) is 7.53. The van der Waals surface area contributed by atoms with Crippen molar-refractivity contribution in [3.8, 4) is 0 Å². The molecular formula is C16H24N6O. The number of aryl methyl sites for hydroxylation is 2. The van der Waals surface area contributed by atoms with Gasteiger partial charge in [-0.1, -0.05) is 0 Å². The Labute approximate surface area is 136 Å². The SMILES string of the molecule is COCCNc1cc(C2CCN2Cc2cnn(C)c2)nc(C)n1. The van der Waals surface area contributed by atoms with Gasteiger partial charge in [-0.05, 0) is 13.3 Å². The van der Waals surface area contributed by atoms with Gasteiger partial charge in [-0.25, -0.2) is 9.97 Å². The number of likely N-dealkylation sites (tertiary alicyclic amines) is 1. The molecule has 1 unspecified atom stereocenters. The molecule has 1 atom stereocenters. The number of hydrogen-bond acceptors (Lipinski definition) is 6. The van der Waals surface area contributed by atoms with Crippen molar-refractivity contribution in [2.24, 2.45) is 7.05 Å². The number of aromatic nitrogens is 4. The summed E-state index contributed by atoms with van der Waals surface area (Å²) >= 11 is 0. The minimum Gasteiger partial charge on any atom is -0.383 e. The molecule has 1 N–H and O–H groups in total. The van der Waals surface area contributed by atoms with Gasteiger partial charge in [-0.15, -0.1) is 0 Å². The quantitative estimate of drug-likeness (QED) is 0.781. The number of nitrogens with one attached hydrogen (secondary N) is 1. The Morgan fingerprint density at radius 3 is 2.91 bits per heavy atom. The number of methoxy groups -OCH3 is 1. The first-order valence-electron chi connectivity index (χ1n) is 7.95. The Morgan fingerprint density at radius 2 is 2.26 bits per heavy atom. The van der Waals surface area contributed by atoms with Crippen molar-refractivity contribution in [3.05, 3.63) is 35.5 Å². The molecule has 0 aromatic carbocycles. The second kappa shape index (κ2) is 7.06. The Hall–Kier alpha value is -1.99. The van der Waals surface area contributed by atoms with Gasteiger partial charge in [0.25, 0.3) is 0 Å². The molecule has 1 saturated heterocycles. The zero-order valence-electron chi connectivity index (χ0n) is 14.0. The Bertz CT molecular complexity index is 656. The maximum atomic E-state index is 5.07. The maximum Gasteiger partial charge on any atom is 0.130 e. The monoisotopic (exact) mass is 316 g/mol. The van der Waals surface area contributed by atoms with Gasteiger partial charge in [-0.3, -0.25) is 9.58 Å². The molecule has 1 aliphatic rings. The van der Waals surface area contributed by atoms with Crippen LogP contribution in [0.1, 0.15) is 29.5 Å². The van der Waals surface area contributed by atoms with Crippen LogP contribution in [0.4, 0.5) is 5.82 Å². The van der Waals surface area contributed by atoms with Crippen LogP contribution in [0.25, 0.3) is 0 Å². The average molecular weight is 316 g/mol. The maximum absolute atomic E-state index is 5.07. The molecule has 0 bridgehead atoms. The van der Waals surface area contributed by atoms with Crippen molar-refractivity contribution in [1.82, 2.24) is 24.6 Å². The molecule has 2 aromatic heterocycles. The van der Waals surface area contributed by atoms with E-state index in [1.54, 1.807) is 7.11 Å². The molecular weight excluding hydrogens is 292 g/mol. The Balaban J connectivity index is 1.68. The van der Waals surface area contributed by atoms with Crippen LogP contribution in [-0.4, -0.2) is 51.5 Å². The summed E-state index contributed by atoms with van der Waals surface area (Å²) in [6.07, 6.45) is 5.13. The molecule has 23 heavy (non-hydrogen) atoms. The van der Waals surface area contributed by atoms with Gasteiger partial charge in [-0.2, -0.15) is 5.10 Å². The summed E-state index contributed by atoms with van der Waals surface area (Å²) in [7, 11) is 3.64. The van der Waals surface area contributed by atoms with E-state index in [1.165, 1.54) is 5.56 Å². The van der Waals surface area contributed by atoms with Crippen molar-refractivity contribution in [2.75, 3.05) is 32.1 Å². The van der Waals surface area contributed by atoms with Crippen LogP contribution in [0, 0.1) is 6.92 Å². The lowest BCUT2D eigenvalue weighted by molar-refractivity contribution is 0.0785. The zero-order valence-corrected chi connectivity index (χ0v) is 14.0. The average Bonchev–Trinajstić information content (AvgIpc) is 2.89. The highest BCUT2D eigenvalue weighted by atomic mass is 16.5. The molecule has 0 aliphatic carbocycles. The van der Waals surface area contributed by atoms with Gasteiger partial charge in [0.1, 0.15) is 11.6 Å². The van der Waals surface area contributed by atoms with E-state index in [2.05, 4.69) is 37.5 Å². The predicted octanol–water partition coefficient (Wildman–Crippen LogP) is 1.52. The van der Waals surface area contributed by atoms with Crippen LogP contribution in [0.3, 0.4) is 0 Å². The van der Waals surface area contributed by atoms with Gasteiger partial charge in [0.05, 0.1) is 24.5 Å². The normalized spacial score (nSPS) is 18.0. The fourth-order valence-corrected chi connectivity index (χ4v) is 2.89. The molecule has 1 fully saturated rings. The lowest BCUT2D eigenvalue weighted by atomic mass is 9.98. The topological polar surface area (TPSA) is 68.1 Å². The molecule has 0 amide bonds. The summed E-state index contributed by atoms with van der Waals surface area (Å²) < 4.78 is 6.91. The van der Waals surface area contributed by atoms with E-state index in [-0.39, 0.29) is 0 Å².